The average Bonchev–Trinajstić information content (AvgIpc) is 2.34. The molecule has 8 nitrogen and oxygen atoms in total. The van der Waals surface area contributed by atoms with Crippen molar-refractivity contribution in [2.24, 2.45) is 26.0 Å². The lowest BCUT2D eigenvalue weighted by atomic mass is 9.98. The maximum absolute atomic E-state index is 11.6. The van der Waals surface area contributed by atoms with Gasteiger partial charge in [-0.15, -0.1) is 9.51 Å². The number of ether oxygens (including phenoxy) is 1. The summed E-state index contributed by atoms with van der Waals surface area (Å²) < 4.78 is 34.9. The van der Waals surface area contributed by atoms with Crippen LogP contribution in [0.4, 0.5) is 5.69 Å². The third-order valence-corrected chi connectivity index (χ3v) is 3.40. The molecular formula is C12H17N5O3S. The average molecular weight is 311 g/mol. The van der Waals surface area contributed by atoms with Crippen LogP contribution in [-0.4, -0.2) is 20.9 Å². The molecule has 0 amide bonds. The van der Waals surface area contributed by atoms with Crippen LogP contribution in [0.5, 0.6) is 5.75 Å². The molecule has 1 aromatic rings. The molecule has 1 aliphatic heterocycles. The molecule has 0 saturated carbocycles. The van der Waals surface area contributed by atoms with Crippen molar-refractivity contribution in [3.05, 3.63) is 23.8 Å². The molecule has 3 N–H and O–H groups in total. The highest BCUT2D eigenvalue weighted by Crippen LogP contribution is 2.33. The highest BCUT2D eigenvalue weighted by Gasteiger charge is 2.27. The number of fused-ring (bicyclic) bond motifs is 1. The van der Waals surface area contributed by atoms with Crippen molar-refractivity contribution in [2.75, 3.05) is 11.3 Å². The number of amidine groups is 1. The highest BCUT2D eigenvalue weighted by molar-refractivity contribution is 7.91. The predicted molar refractivity (Wildman–Crippen MR) is 79.5 cm³/mol. The Hall–Kier alpha value is -2.16. The zero-order valence-electron chi connectivity index (χ0n) is 12.0. The Morgan fingerprint density at radius 1 is 1.38 bits per heavy atom. The number of nitrogens with two attached hydrogens (primary N) is 1. The number of hydrogen-bond acceptors (Lipinski definition) is 5. The first-order chi connectivity index (χ1) is 9.72. The number of benzene rings is 1. The largest absolute Gasteiger partial charge is 0.492 e. The van der Waals surface area contributed by atoms with Gasteiger partial charge in [-0.25, -0.2) is 0 Å². The van der Waals surface area contributed by atoms with Crippen LogP contribution in [0.15, 0.2) is 32.9 Å². The van der Waals surface area contributed by atoms with Crippen LogP contribution in [0.3, 0.4) is 0 Å². The van der Waals surface area contributed by atoms with Gasteiger partial charge in [0.05, 0.1) is 17.9 Å². The lowest BCUT2D eigenvalue weighted by Gasteiger charge is -2.22. The summed E-state index contributed by atoms with van der Waals surface area (Å²) in [7, 11) is -3.85. The van der Waals surface area contributed by atoms with Gasteiger partial charge in [-0.05, 0) is 17.5 Å². The van der Waals surface area contributed by atoms with Gasteiger partial charge in [0.15, 0.2) is 0 Å². The molecule has 2 rings (SSSR count). The summed E-state index contributed by atoms with van der Waals surface area (Å²) in [6.07, 6.45) is 0. The first-order valence-electron chi connectivity index (χ1n) is 6.22. The number of nitrogens with one attached hydrogen (secondary N) is 1. The van der Waals surface area contributed by atoms with Crippen LogP contribution in [0.25, 0.3) is 0 Å². The summed E-state index contributed by atoms with van der Waals surface area (Å²) in [6, 6.07) is 4.99. The Bertz CT molecular complexity index is 704. The number of hydrogen-bond donors (Lipinski definition) is 2. The normalized spacial score (nSPS) is 17.0. The molecule has 114 valence electrons. The number of anilines is 1. The second-order valence-corrected chi connectivity index (χ2v) is 7.07. The standard InChI is InChI=1S/C12H17N5O3S/c1-12(2,3)7-20-9-6-4-5-8-10(9)11(14-17-13)16-21(18,19)15-8/h4-6,15H,7H2,1-3H3,(H2,13,14,16). The van der Waals surface area contributed by atoms with E-state index in [9.17, 15) is 8.42 Å². The molecule has 1 heterocycles. The third-order valence-electron chi connectivity index (χ3n) is 2.51. The van der Waals surface area contributed by atoms with Gasteiger partial charge in [0.25, 0.3) is 0 Å². The van der Waals surface area contributed by atoms with E-state index < -0.39 is 10.2 Å². The van der Waals surface area contributed by atoms with E-state index in [4.69, 9.17) is 10.6 Å². The third kappa shape index (κ3) is 3.69. The van der Waals surface area contributed by atoms with Crippen molar-refractivity contribution in [1.82, 2.24) is 0 Å². The van der Waals surface area contributed by atoms with Crippen molar-refractivity contribution in [2.45, 2.75) is 20.8 Å². The van der Waals surface area contributed by atoms with Crippen LogP contribution in [0.1, 0.15) is 26.3 Å². The van der Waals surface area contributed by atoms with E-state index in [1.54, 1.807) is 18.2 Å². The fourth-order valence-electron chi connectivity index (χ4n) is 1.71. The Kier molecular flexibility index (Phi) is 3.86. The van der Waals surface area contributed by atoms with E-state index in [0.717, 1.165) is 0 Å². The highest BCUT2D eigenvalue weighted by atomic mass is 32.2. The Labute approximate surface area is 123 Å². The lowest BCUT2D eigenvalue weighted by molar-refractivity contribution is 0.197. The lowest BCUT2D eigenvalue weighted by Crippen LogP contribution is -2.22. The zero-order valence-corrected chi connectivity index (χ0v) is 12.8. The predicted octanol–water partition coefficient (Wildman–Crippen LogP) is 1.85. The van der Waals surface area contributed by atoms with Crippen molar-refractivity contribution >= 4 is 21.7 Å². The van der Waals surface area contributed by atoms with Crippen LogP contribution in [-0.2, 0) is 10.2 Å². The maximum atomic E-state index is 11.6. The minimum absolute atomic E-state index is 0.0520. The van der Waals surface area contributed by atoms with E-state index >= 15 is 0 Å². The quantitative estimate of drug-likeness (QED) is 0.492. The number of rotatable bonds is 2. The minimum Gasteiger partial charge on any atom is -0.492 e. The molecule has 0 aromatic heterocycles. The molecule has 0 spiro atoms. The summed E-state index contributed by atoms with van der Waals surface area (Å²) >= 11 is 0. The molecule has 0 fully saturated rings. The van der Waals surface area contributed by atoms with E-state index in [1.165, 1.54) is 0 Å². The van der Waals surface area contributed by atoms with Gasteiger partial charge in [0.1, 0.15) is 5.75 Å². The minimum atomic E-state index is -3.85. The molecule has 0 saturated heterocycles. The molecule has 21 heavy (non-hydrogen) atoms. The van der Waals surface area contributed by atoms with Crippen LogP contribution >= 0.6 is 0 Å². The van der Waals surface area contributed by atoms with E-state index in [-0.39, 0.29) is 11.3 Å². The molecular weight excluding hydrogens is 294 g/mol. The first-order valence-corrected chi connectivity index (χ1v) is 7.66. The van der Waals surface area contributed by atoms with Crippen LogP contribution in [0.2, 0.25) is 0 Å². The Morgan fingerprint density at radius 3 is 2.71 bits per heavy atom. The zero-order chi connectivity index (χ0) is 15.7. The Balaban J connectivity index is 2.49. The van der Waals surface area contributed by atoms with Crippen molar-refractivity contribution < 1.29 is 13.2 Å². The molecule has 0 atom stereocenters. The van der Waals surface area contributed by atoms with Gasteiger partial charge >= 0.3 is 10.2 Å². The molecule has 0 radical (unpaired) electrons. The van der Waals surface area contributed by atoms with Gasteiger partial charge in [-0.1, -0.05) is 32.1 Å². The molecule has 0 aliphatic carbocycles. The summed E-state index contributed by atoms with van der Waals surface area (Å²) in [5, 5.41) is 6.70. The van der Waals surface area contributed by atoms with E-state index in [0.29, 0.717) is 23.6 Å². The van der Waals surface area contributed by atoms with Gasteiger partial charge in [0, 0.05) is 0 Å². The SMILES string of the molecule is CC(C)(C)COc1cccc2c1C(N=NN)=NS(=O)(=O)N2. The molecule has 0 bridgehead atoms. The fraction of sp³-hybridized carbons (Fsp3) is 0.417. The second kappa shape index (κ2) is 5.32. The second-order valence-electron chi connectivity index (χ2n) is 5.74. The van der Waals surface area contributed by atoms with Gasteiger partial charge in [-0.3, -0.25) is 4.72 Å². The summed E-state index contributed by atoms with van der Waals surface area (Å²) in [5.74, 6) is 5.39. The van der Waals surface area contributed by atoms with E-state index in [1.807, 2.05) is 20.8 Å². The topological polar surface area (TPSA) is 118 Å². The van der Waals surface area contributed by atoms with E-state index in [2.05, 4.69) is 19.5 Å². The molecule has 0 unspecified atom stereocenters. The molecule has 1 aliphatic rings. The van der Waals surface area contributed by atoms with Gasteiger partial charge < -0.3 is 10.6 Å². The summed E-state index contributed by atoms with van der Waals surface area (Å²) in [6.45, 7) is 6.53. The first kappa shape index (κ1) is 15.2. The van der Waals surface area contributed by atoms with Crippen LogP contribution < -0.4 is 15.3 Å². The number of nitrogens with zero attached hydrogens (tertiary/aromatic N) is 3. The molecule has 9 heteroatoms. The fourth-order valence-corrected chi connectivity index (χ4v) is 2.55. The smallest absolute Gasteiger partial charge is 0.344 e. The van der Waals surface area contributed by atoms with Crippen molar-refractivity contribution in [1.29, 1.82) is 0 Å². The monoisotopic (exact) mass is 311 g/mol. The molecule has 1 aromatic carbocycles. The summed E-state index contributed by atoms with van der Waals surface area (Å²) in [5.41, 5.74) is 0.702. The van der Waals surface area contributed by atoms with Crippen LogP contribution in [0, 0.1) is 5.41 Å². The van der Waals surface area contributed by atoms with Gasteiger partial charge in [-0.2, -0.15) is 8.42 Å². The van der Waals surface area contributed by atoms with Gasteiger partial charge in [0.2, 0.25) is 5.84 Å². The van der Waals surface area contributed by atoms with Crippen molar-refractivity contribution in [3.8, 4) is 5.75 Å². The maximum Gasteiger partial charge on any atom is 0.344 e. The Morgan fingerprint density at radius 2 is 2.10 bits per heavy atom. The summed E-state index contributed by atoms with van der Waals surface area (Å²) in [4.78, 5) is 0. The van der Waals surface area contributed by atoms with Crippen molar-refractivity contribution in [3.63, 3.8) is 0 Å².